The summed E-state index contributed by atoms with van der Waals surface area (Å²) in [6.07, 6.45) is 55.2. The highest BCUT2D eigenvalue weighted by molar-refractivity contribution is 5.71. The molecule has 0 fully saturated rings. The molecule has 6 heteroatoms. The van der Waals surface area contributed by atoms with E-state index in [4.69, 9.17) is 14.2 Å². The van der Waals surface area contributed by atoms with E-state index < -0.39 is 6.10 Å². The largest absolute Gasteiger partial charge is 0.462 e. The maximum atomic E-state index is 12.8. The molecule has 0 aliphatic rings. The van der Waals surface area contributed by atoms with Crippen molar-refractivity contribution >= 4 is 17.9 Å². The van der Waals surface area contributed by atoms with Gasteiger partial charge in [-0.05, 0) is 31.1 Å². The lowest BCUT2D eigenvalue weighted by atomic mass is 10.0. The lowest BCUT2D eigenvalue weighted by Gasteiger charge is -2.18. The monoisotopic (exact) mass is 919 g/mol. The molecule has 386 valence electrons. The summed E-state index contributed by atoms with van der Waals surface area (Å²) in [7, 11) is 0. The SMILES string of the molecule is CCCCCCCCCCCCCCCCCCCC(=O)OC[C@@H](COC(=O)CCCCCCCCCCCCCCCCC(C)C)OC(=O)CCCCCCCCCCCCC(C)C. The van der Waals surface area contributed by atoms with Crippen LogP contribution in [0.15, 0.2) is 0 Å². The predicted octanol–water partition coefficient (Wildman–Crippen LogP) is 19.3. The van der Waals surface area contributed by atoms with Crippen molar-refractivity contribution in [2.24, 2.45) is 11.8 Å². The second kappa shape index (κ2) is 51.8. The summed E-state index contributed by atoms with van der Waals surface area (Å²) in [5, 5.41) is 0. The average Bonchev–Trinajstić information content (AvgIpc) is 3.28. The third-order valence-electron chi connectivity index (χ3n) is 13.5. The molecule has 0 aliphatic heterocycles. The van der Waals surface area contributed by atoms with E-state index in [9.17, 15) is 14.4 Å². The van der Waals surface area contributed by atoms with E-state index in [-0.39, 0.29) is 31.1 Å². The summed E-state index contributed by atoms with van der Waals surface area (Å²) < 4.78 is 16.9. The Morgan fingerprint density at radius 3 is 0.754 bits per heavy atom. The third-order valence-corrected chi connectivity index (χ3v) is 13.5. The Morgan fingerprint density at radius 2 is 0.508 bits per heavy atom. The van der Waals surface area contributed by atoms with E-state index in [0.717, 1.165) is 69.6 Å². The van der Waals surface area contributed by atoms with Crippen molar-refractivity contribution in [1.29, 1.82) is 0 Å². The van der Waals surface area contributed by atoms with Crippen molar-refractivity contribution in [3.8, 4) is 0 Å². The molecule has 0 N–H and O–H groups in total. The standard InChI is InChI=1S/C59H114O6/c1-6-7-8-9-10-11-12-13-14-15-16-20-23-29-34-39-44-49-57(60)63-52-56(65-59(62)51-46-41-36-31-26-25-28-33-38-43-48-55(4)5)53-64-58(61)50-45-40-35-30-24-21-18-17-19-22-27-32-37-42-47-54(2)3/h54-56H,6-53H2,1-5H3/t56-/m0/s1. The molecule has 0 aromatic heterocycles. The normalized spacial score (nSPS) is 12.0. The van der Waals surface area contributed by atoms with Crippen LogP contribution in [0.1, 0.15) is 330 Å². The van der Waals surface area contributed by atoms with Gasteiger partial charge >= 0.3 is 17.9 Å². The maximum Gasteiger partial charge on any atom is 0.306 e. The molecular weight excluding hydrogens is 805 g/mol. The summed E-state index contributed by atoms with van der Waals surface area (Å²) in [6.45, 7) is 11.4. The Hall–Kier alpha value is -1.59. The number of esters is 3. The fourth-order valence-corrected chi connectivity index (χ4v) is 9.05. The summed E-state index contributed by atoms with van der Waals surface area (Å²) >= 11 is 0. The topological polar surface area (TPSA) is 78.9 Å². The van der Waals surface area contributed by atoms with Gasteiger partial charge in [0.1, 0.15) is 13.2 Å². The molecule has 0 aromatic rings. The zero-order valence-electron chi connectivity index (χ0n) is 44.6. The molecule has 0 bridgehead atoms. The summed E-state index contributed by atoms with van der Waals surface area (Å²) in [4.78, 5) is 38.1. The lowest BCUT2D eigenvalue weighted by molar-refractivity contribution is -0.167. The molecule has 0 spiro atoms. The van der Waals surface area contributed by atoms with Gasteiger partial charge in [-0.15, -0.1) is 0 Å². The highest BCUT2D eigenvalue weighted by Gasteiger charge is 2.19. The van der Waals surface area contributed by atoms with Crippen molar-refractivity contribution in [1.82, 2.24) is 0 Å². The van der Waals surface area contributed by atoms with Crippen molar-refractivity contribution in [3.05, 3.63) is 0 Å². The number of unbranched alkanes of at least 4 members (excludes halogenated alkanes) is 38. The lowest BCUT2D eigenvalue weighted by Crippen LogP contribution is -2.30. The van der Waals surface area contributed by atoms with Crippen LogP contribution in [0.4, 0.5) is 0 Å². The van der Waals surface area contributed by atoms with Gasteiger partial charge in [-0.3, -0.25) is 14.4 Å². The first-order chi connectivity index (χ1) is 31.7. The quantitative estimate of drug-likeness (QED) is 0.0344. The van der Waals surface area contributed by atoms with E-state index in [1.807, 2.05) is 0 Å². The van der Waals surface area contributed by atoms with Crippen LogP contribution < -0.4 is 0 Å². The maximum absolute atomic E-state index is 12.8. The predicted molar refractivity (Wildman–Crippen MR) is 280 cm³/mol. The third kappa shape index (κ3) is 53.2. The van der Waals surface area contributed by atoms with Crippen molar-refractivity contribution in [2.75, 3.05) is 13.2 Å². The molecule has 0 saturated heterocycles. The van der Waals surface area contributed by atoms with Gasteiger partial charge in [0.05, 0.1) is 0 Å². The van der Waals surface area contributed by atoms with Gasteiger partial charge in [0.15, 0.2) is 6.10 Å². The van der Waals surface area contributed by atoms with Crippen LogP contribution in [0.25, 0.3) is 0 Å². The molecule has 0 saturated carbocycles. The first-order valence-corrected chi connectivity index (χ1v) is 29.2. The Morgan fingerprint density at radius 1 is 0.292 bits per heavy atom. The van der Waals surface area contributed by atoms with Crippen LogP contribution in [0.5, 0.6) is 0 Å². The molecule has 1 atom stereocenters. The van der Waals surface area contributed by atoms with Gasteiger partial charge in [-0.1, -0.05) is 291 Å². The van der Waals surface area contributed by atoms with Crippen LogP contribution in [0.2, 0.25) is 0 Å². The van der Waals surface area contributed by atoms with Crippen LogP contribution in [0, 0.1) is 11.8 Å². The zero-order valence-corrected chi connectivity index (χ0v) is 44.6. The van der Waals surface area contributed by atoms with Gasteiger partial charge in [-0.25, -0.2) is 0 Å². The molecule has 0 heterocycles. The zero-order chi connectivity index (χ0) is 47.5. The molecule has 0 rings (SSSR count). The number of carbonyl (C=O) groups excluding carboxylic acids is 3. The smallest absolute Gasteiger partial charge is 0.306 e. The number of hydrogen-bond acceptors (Lipinski definition) is 6. The Bertz CT molecular complexity index is 993. The van der Waals surface area contributed by atoms with Gasteiger partial charge in [-0.2, -0.15) is 0 Å². The average molecular weight is 920 g/mol. The second-order valence-corrected chi connectivity index (χ2v) is 21.2. The Balaban J connectivity index is 4.28. The molecule has 65 heavy (non-hydrogen) atoms. The summed E-state index contributed by atoms with van der Waals surface area (Å²) in [5.41, 5.74) is 0. The minimum absolute atomic E-state index is 0.0628. The van der Waals surface area contributed by atoms with E-state index in [2.05, 4.69) is 34.6 Å². The molecule has 0 amide bonds. The molecular formula is C59H114O6. The van der Waals surface area contributed by atoms with Gasteiger partial charge in [0.25, 0.3) is 0 Å². The minimum Gasteiger partial charge on any atom is -0.462 e. The van der Waals surface area contributed by atoms with E-state index in [0.29, 0.717) is 19.3 Å². The number of hydrogen-bond donors (Lipinski definition) is 0. The molecule has 0 aliphatic carbocycles. The summed E-state index contributed by atoms with van der Waals surface area (Å²) in [6, 6.07) is 0. The van der Waals surface area contributed by atoms with Gasteiger partial charge in [0, 0.05) is 19.3 Å². The van der Waals surface area contributed by atoms with Crippen molar-refractivity contribution in [3.63, 3.8) is 0 Å². The number of rotatable bonds is 53. The first-order valence-electron chi connectivity index (χ1n) is 29.2. The second-order valence-electron chi connectivity index (χ2n) is 21.2. The Kier molecular flexibility index (Phi) is 50.5. The van der Waals surface area contributed by atoms with Crippen LogP contribution >= 0.6 is 0 Å². The van der Waals surface area contributed by atoms with Crippen molar-refractivity contribution < 1.29 is 28.6 Å². The van der Waals surface area contributed by atoms with Crippen LogP contribution in [-0.4, -0.2) is 37.2 Å². The van der Waals surface area contributed by atoms with E-state index in [1.54, 1.807) is 0 Å². The van der Waals surface area contributed by atoms with E-state index >= 15 is 0 Å². The highest BCUT2D eigenvalue weighted by Crippen LogP contribution is 2.18. The highest BCUT2D eigenvalue weighted by atomic mass is 16.6. The van der Waals surface area contributed by atoms with Crippen LogP contribution in [-0.2, 0) is 28.6 Å². The summed E-state index contributed by atoms with van der Waals surface area (Å²) in [5.74, 6) is 0.822. The molecule has 0 unspecified atom stereocenters. The molecule has 6 nitrogen and oxygen atoms in total. The van der Waals surface area contributed by atoms with Crippen LogP contribution in [0.3, 0.4) is 0 Å². The Labute approximate surface area is 406 Å². The fourth-order valence-electron chi connectivity index (χ4n) is 9.05. The first kappa shape index (κ1) is 63.4. The molecule has 0 radical (unpaired) electrons. The van der Waals surface area contributed by atoms with Gasteiger partial charge < -0.3 is 14.2 Å². The minimum atomic E-state index is -0.763. The fraction of sp³-hybridized carbons (Fsp3) is 0.949. The number of carbonyl (C=O) groups is 3. The number of ether oxygens (including phenoxy) is 3. The van der Waals surface area contributed by atoms with Crippen molar-refractivity contribution in [2.45, 2.75) is 336 Å². The molecule has 0 aromatic carbocycles. The van der Waals surface area contributed by atoms with Gasteiger partial charge in [0.2, 0.25) is 0 Å². The van der Waals surface area contributed by atoms with E-state index in [1.165, 1.54) is 218 Å².